The molecule has 0 N–H and O–H groups in total. The molecule has 0 unspecified atom stereocenters. The third-order valence-electron chi connectivity index (χ3n) is 7.00. The summed E-state index contributed by atoms with van der Waals surface area (Å²) in [6, 6.07) is 10.7. The number of hydrogen-bond acceptors (Lipinski definition) is 1. The van der Waals surface area contributed by atoms with Crippen molar-refractivity contribution in [2.24, 2.45) is 11.8 Å². The maximum absolute atomic E-state index is 6.32. The van der Waals surface area contributed by atoms with Crippen LogP contribution in [0.2, 0.25) is 36.9 Å². The van der Waals surface area contributed by atoms with Crippen LogP contribution in [0.25, 0.3) is 0 Å². The Morgan fingerprint density at radius 3 is 1.90 bits per heavy atom. The fraction of sp³-hybridized carbons (Fsp3) is 0.714. The number of ether oxygens (including phenoxy) is 1. The molecule has 1 aliphatic carbocycles. The molecule has 3 heteroatoms. The molecule has 0 spiro atoms. The van der Waals surface area contributed by atoms with E-state index in [4.69, 9.17) is 4.74 Å². The van der Waals surface area contributed by atoms with E-state index in [9.17, 15) is 0 Å². The molecule has 0 saturated heterocycles. The van der Waals surface area contributed by atoms with Crippen molar-refractivity contribution < 1.29 is 4.74 Å². The molecular formula is C28H48OSiSn. The van der Waals surface area contributed by atoms with E-state index in [1.54, 1.807) is 13.3 Å². The molecule has 2 rings (SSSR count). The van der Waals surface area contributed by atoms with Gasteiger partial charge in [0.25, 0.3) is 0 Å². The van der Waals surface area contributed by atoms with Gasteiger partial charge in [0.05, 0.1) is 0 Å². The zero-order chi connectivity index (χ0) is 22.7. The minimum absolute atomic E-state index is 0.642. The topological polar surface area (TPSA) is 9.23 Å². The summed E-state index contributed by atoms with van der Waals surface area (Å²) in [7, 11) is -1.34. The second-order valence-corrected chi connectivity index (χ2v) is 29.6. The Hall–Kier alpha value is -0.244. The van der Waals surface area contributed by atoms with Crippen molar-refractivity contribution in [1.82, 2.24) is 0 Å². The molecule has 1 fully saturated rings. The van der Waals surface area contributed by atoms with Gasteiger partial charge in [-0.15, -0.1) is 0 Å². The van der Waals surface area contributed by atoms with E-state index in [0.29, 0.717) is 11.8 Å². The molecule has 0 aromatic heterocycles. The van der Waals surface area contributed by atoms with Gasteiger partial charge in [-0.25, -0.2) is 0 Å². The quantitative estimate of drug-likeness (QED) is 0.168. The summed E-state index contributed by atoms with van der Waals surface area (Å²) >= 11 is -2.27. The standard InChI is InChI=1S/C16H21OSi.3C4H9.Sn/c1-18(2,3)10-9-15-11-16(15)13-17-12-14-7-5-4-6-8-14;3*1-3-4-2;/h4-8,11,15-16H,12-13H2,1-3H3;3*1,3-4H2,2H3;/t15-,16+;;;;/m1..../s1. The van der Waals surface area contributed by atoms with Gasteiger partial charge in [0.2, 0.25) is 0 Å². The summed E-state index contributed by atoms with van der Waals surface area (Å²) in [6.07, 6.45) is 8.40. The van der Waals surface area contributed by atoms with Crippen LogP contribution in [-0.2, 0) is 11.3 Å². The van der Waals surface area contributed by atoms with Crippen LogP contribution < -0.4 is 0 Å². The normalized spacial score (nSPS) is 20.9. The van der Waals surface area contributed by atoms with Crippen molar-refractivity contribution in [1.29, 1.82) is 0 Å². The first-order chi connectivity index (χ1) is 14.9. The summed E-state index contributed by atoms with van der Waals surface area (Å²) < 4.78 is 12.0. The zero-order valence-electron chi connectivity index (χ0n) is 21.3. The van der Waals surface area contributed by atoms with Crippen LogP contribution in [0.5, 0.6) is 0 Å². The molecule has 0 heterocycles. The summed E-state index contributed by atoms with van der Waals surface area (Å²) in [5.74, 6) is 5.22. The second-order valence-electron chi connectivity index (χ2n) is 10.9. The van der Waals surface area contributed by atoms with Gasteiger partial charge in [0.15, 0.2) is 0 Å². The third-order valence-corrected chi connectivity index (χ3v) is 25.7. The van der Waals surface area contributed by atoms with Crippen LogP contribution in [-0.4, -0.2) is 33.1 Å². The van der Waals surface area contributed by atoms with E-state index < -0.39 is 26.5 Å². The van der Waals surface area contributed by atoms with Gasteiger partial charge in [0.1, 0.15) is 0 Å². The Labute approximate surface area is 199 Å². The number of rotatable bonds is 14. The predicted molar refractivity (Wildman–Crippen MR) is 143 cm³/mol. The number of benzene rings is 1. The van der Waals surface area contributed by atoms with Crippen LogP contribution in [0.3, 0.4) is 0 Å². The van der Waals surface area contributed by atoms with E-state index in [1.807, 2.05) is 0 Å². The molecule has 0 aliphatic heterocycles. The molecule has 0 bridgehead atoms. The van der Waals surface area contributed by atoms with E-state index in [1.165, 1.54) is 44.1 Å². The average molecular weight is 547 g/mol. The van der Waals surface area contributed by atoms with E-state index in [2.05, 4.69) is 82.2 Å². The Balaban J connectivity index is 2.20. The van der Waals surface area contributed by atoms with Crippen LogP contribution in [0, 0.1) is 23.3 Å². The maximum atomic E-state index is 6.32. The SMILES string of the molecule is CCC[CH2][Sn]([CH2]CCC)([CH2]CCC)[C@@H]1[C@@H](C#C[Si](C)(C)C)[C@@H]1COCc1ccccc1. The molecule has 0 radical (unpaired) electrons. The van der Waals surface area contributed by atoms with Gasteiger partial charge in [0, 0.05) is 0 Å². The van der Waals surface area contributed by atoms with Crippen LogP contribution in [0.1, 0.15) is 64.9 Å². The fourth-order valence-corrected chi connectivity index (χ4v) is 26.2. The first-order valence-corrected chi connectivity index (χ1v) is 24.2. The van der Waals surface area contributed by atoms with Crippen LogP contribution in [0.4, 0.5) is 0 Å². The molecule has 1 nitrogen and oxygen atoms in total. The Morgan fingerprint density at radius 1 is 0.871 bits per heavy atom. The summed E-state index contributed by atoms with van der Waals surface area (Å²) in [6.45, 7) is 16.0. The monoisotopic (exact) mass is 548 g/mol. The van der Waals surface area contributed by atoms with Crippen LogP contribution in [0.15, 0.2) is 30.3 Å². The van der Waals surface area contributed by atoms with Gasteiger partial charge < -0.3 is 0 Å². The van der Waals surface area contributed by atoms with Crippen molar-refractivity contribution >= 4 is 26.5 Å². The van der Waals surface area contributed by atoms with Gasteiger partial charge in [-0.3, -0.25) is 0 Å². The molecule has 0 amide bonds. The van der Waals surface area contributed by atoms with Crippen LogP contribution >= 0.6 is 0 Å². The zero-order valence-corrected chi connectivity index (χ0v) is 25.2. The van der Waals surface area contributed by atoms with Gasteiger partial charge >= 0.3 is 200 Å². The van der Waals surface area contributed by atoms with Gasteiger partial charge in [-0.1, -0.05) is 0 Å². The summed E-state index contributed by atoms with van der Waals surface area (Å²) in [5.41, 5.74) is 5.05. The molecule has 1 aliphatic rings. The van der Waals surface area contributed by atoms with Gasteiger partial charge in [-0.05, 0) is 0 Å². The Kier molecular flexibility index (Phi) is 11.7. The molecule has 1 aromatic rings. The van der Waals surface area contributed by atoms with Crippen molar-refractivity contribution in [3.63, 3.8) is 0 Å². The van der Waals surface area contributed by atoms with Crippen molar-refractivity contribution in [3.05, 3.63) is 35.9 Å². The Morgan fingerprint density at radius 2 is 1.42 bits per heavy atom. The minimum atomic E-state index is -2.27. The molecule has 31 heavy (non-hydrogen) atoms. The molecule has 1 saturated carbocycles. The van der Waals surface area contributed by atoms with Crippen molar-refractivity contribution in [3.8, 4) is 11.5 Å². The van der Waals surface area contributed by atoms with Crippen molar-refractivity contribution in [2.45, 2.75) is 103 Å². The molecular weight excluding hydrogens is 499 g/mol. The van der Waals surface area contributed by atoms with E-state index in [0.717, 1.165) is 17.1 Å². The first-order valence-electron chi connectivity index (χ1n) is 13.0. The van der Waals surface area contributed by atoms with E-state index >= 15 is 0 Å². The van der Waals surface area contributed by atoms with E-state index in [-0.39, 0.29) is 0 Å². The summed E-state index contributed by atoms with van der Waals surface area (Å²) in [4.78, 5) is 0. The number of hydrogen-bond donors (Lipinski definition) is 0. The molecule has 1 aromatic carbocycles. The molecule has 3 atom stereocenters. The summed E-state index contributed by atoms with van der Waals surface area (Å²) in [5, 5.41) is 0. The third kappa shape index (κ3) is 8.90. The average Bonchev–Trinajstić information content (AvgIpc) is 3.46. The predicted octanol–water partition coefficient (Wildman–Crippen LogP) is 8.55. The fourth-order valence-electron chi connectivity index (χ4n) is 5.26. The number of unbranched alkanes of at least 4 members (excludes halogenated alkanes) is 3. The van der Waals surface area contributed by atoms with Gasteiger partial charge in [-0.2, -0.15) is 0 Å². The Bertz CT molecular complexity index is 663. The first kappa shape index (κ1) is 27.0. The second kappa shape index (κ2) is 13.5. The van der Waals surface area contributed by atoms with Crippen molar-refractivity contribution in [2.75, 3.05) is 6.61 Å². The molecule has 174 valence electrons.